The number of hydrogen-bond acceptors (Lipinski definition) is 0. The molecule has 0 amide bonds. The SMILES string of the molecule is CCC[N+](CC)(CCC)CCC.FC(F)C(F)(F)C(F)(F)C(F)(F)F. The first-order chi connectivity index (χ1) is 11.2. The molecule has 0 N–H and O–H groups in total. The van der Waals surface area contributed by atoms with Crippen LogP contribution >= 0.6 is 0 Å². The lowest BCUT2D eigenvalue weighted by molar-refractivity contribution is -0.926. The third kappa shape index (κ3) is 7.22. The highest BCUT2D eigenvalue weighted by Crippen LogP contribution is 2.48. The highest BCUT2D eigenvalue weighted by Gasteiger charge is 2.76. The van der Waals surface area contributed by atoms with Gasteiger partial charge in [0.2, 0.25) is 0 Å². The minimum Gasteiger partial charge on any atom is -0.324 e. The predicted octanol–water partition coefficient (Wildman–Crippen LogP) is 6.14. The predicted molar refractivity (Wildman–Crippen MR) is 78.2 cm³/mol. The molecule has 0 rings (SSSR count). The van der Waals surface area contributed by atoms with Gasteiger partial charge in [0.25, 0.3) is 0 Å². The molecule has 0 saturated heterocycles. The number of nitrogens with zero attached hydrogens (tertiary/aromatic N) is 1. The van der Waals surface area contributed by atoms with Crippen LogP contribution in [0.3, 0.4) is 0 Å². The van der Waals surface area contributed by atoms with E-state index in [1.165, 1.54) is 49.9 Å². The molecule has 0 radical (unpaired) electrons. The molecule has 0 fully saturated rings. The Labute approximate surface area is 142 Å². The van der Waals surface area contributed by atoms with E-state index >= 15 is 0 Å². The van der Waals surface area contributed by atoms with Gasteiger partial charge >= 0.3 is 24.4 Å². The molecule has 0 saturated carbocycles. The van der Waals surface area contributed by atoms with Crippen molar-refractivity contribution in [3.05, 3.63) is 0 Å². The lowest BCUT2D eigenvalue weighted by Crippen LogP contribution is -2.55. The molecule has 10 heteroatoms. The molecule has 0 unspecified atom stereocenters. The van der Waals surface area contributed by atoms with Gasteiger partial charge in [-0.15, -0.1) is 0 Å². The third-order valence-electron chi connectivity index (χ3n) is 3.81. The summed E-state index contributed by atoms with van der Waals surface area (Å²) in [5.41, 5.74) is 0. The molecule has 0 heterocycles. The Bertz CT molecular complexity index is 336. The molecule has 0 aliphatic carbocycles. The highest BCUT2D eigenvalue weighted by atomic mass is 19.4. The van der Waals surface area contributed by atoms with Crippen LogP contribution in [0.2, 0.25) is 0 Å². The second kappa shape index (κ2) is 10.5. The van der Waals surface area contributed by atoms with Crippen LogP contribution < -0.4 is 0 Å². The number of alkyl halides is 9. The molecule has 154 valence electrons. The average molecular weight is 392 g/mol. The largest absolute Gasteiger partial charge is 0.460 e. The van der Waals surface area contributed by atoms with Crippen LogP contribution in [0.25, 0.3) is 0 Å². The zero-order valence-corrected chi connectivity index (χ0v) is 14.9. The van der Waals surface area contributed by atoms with E-state index in [0.717, 1.165) is 0 Å². The smallest absolute Gasteiger partial charge is 0.324 e. The highest BCUT2D eigenvalue weighted by molar-refractivity contribution is 4.92. The molecule has 25 heavy (non-hydrogen) atoms. The van der Waals surface area contributed by atoms with E-state index in [9.17, 15) is 39.5 Å². The van der Waals surface area contributed by atoms with E-state index in [4.69, 9.17) is 0 Å². The van der Waals surface area contributed by atoms with Gasteiger partial charge in [-0.25, -0.2) is 8.78 Å². The van der Waals surface area contributed by atoms with E-state index in [1.807, 2.05) is 0 Å². The first-order valence-corrected chi connectivity index (χ1v) is 8.14. The number of halogens is 9. The van der Waals surface area contributed by atoms with Gasteiger partial charge in [0.05, 0.1) is 26.2 Å². The van der Waals surface area contributed by atoms with Crippen LogP contribution in [0.5, 0.6) is 0 Å². The minimum atomic E-state index is -6.73. The van der Waals surface area contributed by atoms with Crippen LogP contribution in [0, 0.1) is 0 Å². The Morgan fingerprint density at radius 3 is 1.12 bits per heavy atom. The quantitative estimate of drug-likeness (QED) is 0.327. The first kappa shape index (κ1) is 26.6. The summed E-state index contributed by atoms with van der Waals surface area (Å²) in [7, 11) is 0. The summed E-state index contributed by atoms with van der Waals surface area (Å²) < 4.78 is 103. The molecule has 1 nitrogen and oxygen atoms in total. The fourth-order valence-corrected chi connectivity index (χ4v) is 2.56. The van der Waals surface area contributed by atoms with Crippen molar-refractivity contribution < 1.29 is 44.0 Å². The fraction of sp³-hybridized carbons (Fsp3) is 1.00. The molecule has 0 atom stereocenters. The normalized spacial score (nSPS) is 13.7. The fourth-order valence-electron chi connectivity index (χ4n) is 2.56. The van der Waals surface area contributed by atoms with Crippen molar-refractivity contribution in [3.8, 4) is 0 Å². The Balaban J connectivity index is 0. The topological polar surface area (TPSA) is 0 Å². The maximum Gasteiger partial charge on any atom is 0.460 e. The van der Waals surface area contributed by atoms with E-state index in [-0.39, 0.29) is 0 Å². The van der Waals surface area contributed by atoms with Crippen LogP contribution in [-0.4, -0.2) is 55.1 Å². The summed E-state index contributed by atoms with van der Waals surface area (Å²) in [4.78, 5) is 0. The van der Waals surface area contributed by atoms with Crippen molar-refractivity contribution in [2.75, 3.05) is 26.2 Å². The molecule has 0 bridgehead atoms. The maximum atomic E-state index is 11.6. The van der Waals surface area contributed by atoms with Crippen molar-refractivity contribution in [1.29, 1.82) is 0 Å². The van der Waals surface area contributed by atoms with Crippen molar-refractivity contribution in [2.24, 2.45) is 0 Å². The van der Waals surface area contributed by atoms with Gasteiger partial charge < -0.3 is 4.48 Å². The van der Waals surface area contributed by atoms with E-state index < -0.39 is 24.4 Å². The number of quaternary nitrogens is 1. The molecule has 0 aromatic rings. The summed E-state index contributed by atoms with van der Waals surface area (Å²) in [6, 6.07) is 0. The molecule has 0 aromatic heterocycles. The van der Waals surface area contributed by atoms with Gasteiger partial charge in [-0.3, -0.25) is 0 Å². The number of rotatable bonds is 9. The summed E-state index contributed by atoms with van der Waals surface area (Å²) in [6.45, 7) is 14.7. The molecule has 0 aliphatic heterocycles. The number of hydrogen-bond donors (Lipinski definition) is 0. The van der Waals surface area contributed by atoms with E-state index in [1.54, 1.807) is 0 Å². The van der Waals surface area contributed by atoms with Gasteiger partial charge in [-0.1, -0.05) is 20.8 Å². The lowest BCUT2D eigenvalue weighted by atomic mass is 10.2. The Morgan fingerprint density at radius 1 is 0.680 bits per heavy atom. The second-order valence-corrected chi connectivity index (χ2v) is 5.82. The molecular formula is C15H27F9N+. The van der Waals surface area contributed by atoms with Gasteiger partial charge in [-0.05, 0) is 26.2 Å². The summed E-state index contributed by atoms with van der Waals surface area (Å²) in [5, 5.41) is 0. The van der Waals surface area contributed by atoms with E-state index in [2.05, 4.69) is 27.7 Å². The van der Waals surface area contributed by atoms with Crippen LogP contribution in [0.15, 0.2) is 0 Å². The van der Waals surface area contributed by atoms with E-state index in [0.29, 0.717) is 0 Å². The first-order valence-electron chi connectivity index (χ1n) is 8.14. The molecule has 0 aliphatic rings. The average Bonchev–Trinajstić information content (AvgIpc) is 2.47. The van der Waals surface area contributed by atoms with Gasteiger partial charge in [0.15, 0.2) is 0 Å². The zero-order valence-electron chi connectivity index (χ0n) is 14.9. The van der Waals surface area contributed by atoms with Crippen LogP contribution in [0.1, 0.15) is 47.0 Å². The van der Waals surface area contributed by atoms with Crippen LogP contribution in [0.4, 0.5) is 39.5 Å². The Kier molecular flexibility index (Phi) is 11.1. The van der Waals surface area contributed by atoms with Gasteiger partial charge in [-0.2, -0.15) is 30.7 Å². The summed E-state index contributed by atoms with van der Waals surface area (Å²) in [6.07, 6.45) is -7.80. The van der Waals surface area contributed by atoms with Crippen molar-refractivity contribution in [3.63, 3.8) is 0 Å². The zero-order chi connectivity index (χ0) is 20.5. The summed E-state index contributed by atoms with van der Waals surface area (Å²) >= 11 is 0. The van der Waals surface area contributed by atoms with Crippen molar-refractivity contribution in [1.82, 2.24) is 0 Å². The van der Waals surface area contributed by atoms with Gasteiger partial charge in [0, 0.05) is 0 Å². The Hall–Kier alpha value is -0.670. The minimum absolute atomic E-state index is 1.32. The monoisotopic (exact) mass is 392 g/mol. The molecule has 0 spiro atoms. The van der Waals surface area contributed by atoms with Crippen molar-refractivity contribution >= 4 is 0 Å². The standard InChI is InChI=1S/C11H26N.C4HF9/c1-5-9-12(8-4,10-6-2)11-7-3;5-1(6)2(7,8)3(9,10)4(11,12)13/h5-11H2,1-4H3;1H/q+1;. The third-order valence-corrected chi connectivity index (χ3v) is 3.81. The lowest BCUT2D eigenvalue weighted by Gasteiger charge is -2.37. The van der Waals surface area contributed by atoms with Gasteiger partial charge in [0.1, 0.15) is 0 Å². The molecule has 0 aromatic carbocycles. The Morgan fingerprint density at radius 2 is 1.00 bits per heavy atom. The summed E-state index contributed by atoms with van der Waals surface area (Å²) in [5.74, 6) is -13.1. The van der Waals surface area contributed by atoms with Crippen LogP contribution in [-0.2, 0) is 0 Å². The van der Waals surface area contributed by atoms with Crippen molar-refractivity contribution in [2.45, 2.75) is 71.4 Å². The molecular weight excluding hydrogens is 365 g/mol. The second-order valence-electron chi connectivity index (χ2n) is 5.82. The maximum absolute atomic E-state index is 11.6.